The molecule has 1 aliphatic carbocycles. The number of H-pyrrole nitrogens is 1. The molecule has 1 aromatic heterocycles. The molecule has 3 heteroatoms. The van der Waals surface area contributed by atoms with Crippen molar-refractivity contribution in [2.75, 3.05) is 6.54 Å². The van der Waals surface area contributed by atoms with E-state index in [2.05, 4.69) is 22.2 Å². The Morgan fingerprint density at radius 1 is 1.47 bits per heavy atom. The summed E-state index contributed by atoms with van der Waals surface area (Å²) in [4.78, 5) is 7.15. The van der Waals surface area contributed by atoms with E-state index in [9.17, 15) is 0 Å². The molecule has 0 aromatic carbocycles. The van der Waals surface area contributed by atoms with E-state index in [-0.39, 0.29) is 0 Å². The van der Waals surface area contributed by atoms with E-state index < -0.39 is 0 Å². The number of aromatic nitrogens is 2. The van der Waals surface area contributed by atoms with Crippen molar-refractivity contribution >= 4 is 0 Å². The van der Waals surface area contributed by atoms with Gasteiger partial charge in [-0.25, -0.2) is 4.98 Å². The third-order valence-corrected chi connectivity index (χ3v) is 3.47. The summed E-state index contributed by atoms with van der Waals surface area (Å²) in [5.74, 6) is 0.848. The molecule has 1 aliphatic rings. The monoisotopic (exact) mass is 207 g/mol. The lowest BCUT2D eigenvalue weighted by atomic mass is 9.86. The summed E-state index contributed by atoms with van der Waals surface area (Å²) in [6, 6.07) is 0.738. The average molecular weight is 207 g/mol. The maximum absolute atomic E-state index is 4.02. The van der Waals surface area contributed by atoms with Gasteiger partial charge in [-0.1, -0.05) is 19.8 Å². The highest BCUT2D eigenvalue weighted by atomic mass is 14.9. The summed E-state index contributed by atoms with van der Waals surface area (Å²) in [5, 5.41) is 3.66. The van der Waals surface area contributed by atoms with Crippen molar-refractivity contribution in [2.45, 2.75) is 45.1 Å². The van der Waals surface area contributed by atoms with E-state index in [1.807, 2.05) is 6.20 Å². The molecule has 2 rings (SSSR count). The van der Waals surface area contributed by atoms with Gasteiger partial charge in [0.25, 0.3) is 0 Å². The molecule has 2 unspecified atom stereocenters. The second kappa shape index (κ2) is 5.31. The number of hydrogen-bond acceptors (Lipinski definition) is 2. The van der Waals surface area contributed by atoms with Crippen molar-refractivity contribution in [2.24, 2.45) is 5.92 Å². The normalized spacial score (nSPS) is 26.7. The van der Waals surface area contributed by atoms with Crippen LogP contribution in [0.3, 0.4) is 0 Å². The van der Waals surface area contributed by atoms with Gasteiger partial charge in [-0.05, 0) is 18.8 Å². The van der Waals surface area contributed by atoms with Crippen LogP contribution >= 0.6 is 0 Å². The molecule has 1 saturated carbocycles. The Kier molecular flexibility index (Phi) is 3.78. The van der Waals surface area contributed by atoms with Crippen LogP contribution in [0.5, 0.6) is 0 Å². The number of nitrogens with one attached hydrogen (secondary N) is 2. The van der Waals surface area contributed by atoms with Crippen LogP contribution in [-0.2, 0) is 6.42 Å². The van der Waals surface area contributed by atoms with Crippen LogP contribution in [0, 0.1) is 5.92 Å². The second-order valence-corrected chi connectivity index (χ2v) is 4.65. The van der Waals surface area contributed by atoms with Crippen LogP contribution in [0.4, 0.5) is 0 Å². The third kappa shape index (κ3) is 3.06. The van der Waals surface area contributed by atoms with E-state index in [1.54, 1.807) is 6.33 Å². The molecule has 15 heavy (non-hydrogen) atoms. The summed E-state index contributed by atoms with van der Waals surface area (Å²) in [7, 11) is 0. The SMILES string of the molecule is CC1CCCCC1NCCc1cnc[nH]1. The van der Waals surface area contributed by atoms with Gasteiger partial charge in [0.1, 0.15) is 0 Å². The molecule has 2 atom stereocenters. The lowest BCUT2D eigenvalue weighted by Gasteiger charge is -2.29. The molecule has 1 heterocycles. The molecule has 2 N–H and O–H groups in total. The van der Waals surface area contributed by atoms with Gasteiger partial charge in [0.05, 0.1) is 6.33 Å². The predicted molar refractivity (Wildman–Crippen MR) is 61.7 cm³/mol. The molecule has 0 spiro atoms. The summed E-state index contributed by atoms with van der Waals surface area (Å²) >= 11 is 0. The molecular weight excluding hydrogens is 186 g/mol. The molecule has 0 amide bonds. The van der Waals surface area contributed by atoms with Gasteiger partial charge in [-0.15, -0.1) is 0 Å². The van der Waals surface area contributed by atoms with Crippen LogP contribution in [0.25, 0.3) is 0 Å². The van der Waals surface area contributed by atoms with Gasteiger partial charge in [0.2, 0.25) is 0 Å². The van der Waals surface area contributed by atoms with E-state index >= 15 is 0 Å². The van der Waals surface area contributed by atoms with Crippen molar-refractivity contribution in [3.05, 3.63) is 18.2 Å². The zero-order chi connectivity index (χ0) is 10.5. The maximum Gasteiger partial charge on any atom is 0.0921 e. The highest BCUT2D eigenvalue weighted by molar-refractivity contribution is 4.94. The standard InChI is InChI=1S/C12H21N3/c1-10-4-2-3-5-12(10)14-7-6-11-8-13-9-15-11/h8-10,12,14H,2-7H2,1H3,(H,13,15). The fourth-order valence-electron chi connectivity index (χ4n) is 2.43. The minimum atomic E-state index is 0.738. The Labute approximate surface area is 91.7 Å². The minimum Gasteiger partial charge on any atom is -0.348 e. The maximum atomic E-state index is 4.02. The Hall–Kier alpha value is -0.830. The zero-order valence-electron chi connectivity index (χ0n) is 9.50. The van der Waals surface area contributed by atoms with Gasteiger partial charge in [-0.3, -0.25) is 0 Å². The first kappa shape index (κ1) is 10.7. The smallest absolute Gasteiger partial charge is 0.0921 e. The molecule has 84 valence electrons. The molecule has 0 saturated heterocycles. The van der Waals surface area contributed by atoms with Crippen LogP contribution in [0.2, 0.25) is 0 Å². The third-order valence-electron chi connectivity index (χ3n) is 3.47. The van der Waals surface area contributed by atoms with Crippen LogP contribution < -0.4 is 5.32 Å². The molecular formula is C12H21N3. The number of rotatable bonds is 4. The van der Waals surface area contributed by atoms with Gasteiger partial charge in [0, 0.05) is 30.9 Å². The van der Waals surface area contributed by atoms with E-state index in [4.69, 9.17) is 0 Å². The van der Waals surface area contributed by atoms with Crippen molar-refractivity contribution in [1.82, 2.24) is 15.3 Å². The first-order valence-electron chi connectivity index (χ1n) is 6.07. The Balaban J connectivity index is 1.68. The largest absolute Gasteiger partial charge is 0.348 e. The Morgan fingerprint density at radius 3 is 3.07 bits per heavy atom. The van der Waals surface area contributed by atoms with Crippen molar-refractivity contribution in [3.8, 4) is 0 Å². The highest BCUT2D eigenvalue weighted by Gasteiger charge is 2.19. The predicted octanol–water partition coefficient (Wildman–Crippen LogP) is 2.12. The number of nitrogens with zero attached hydrogens (tertiary/aromatic N) is 1. The van der Waals surface area contributed by atoms with Crippen molar-refractivity contribution in [1.29, 1.82) is 0 Å². The zero-order valence-corrected chi connectivity index (χ0v) is 9.50. The van der Waals surface area contributed by atoms with Gasteiger partial charge >= 0.3 is 0 Å². The highest BCUT2D eigenvalue weighted by Crippen LogP contribution is 2.23. The lowest BCUT2D eigenvalue weighted by Crippen LogP contribution is -2.38. The van der Waals surface area contributed by atoms with E-state index in [1.165, 1.54) is 31.4 Å². The number of imidazole rings is 1. The number of aromatic amines is 1. The second-order valence-electron chi connectivity index (χ2n) is 4.65. The van der Waals surface area contributed by atoms with Crippen LogP contribution in [0.15, 0.2) is 12.5 Å². The Bertz CT molecular complexity index is 268. The van der Waals surface area contributed by atoms with Gasteiger partial charge in [0.15, 0.2) is 0 Å². The molecule has 0 radical (unpaired) electrons. The fraction of sp³-hybridized carbons (Fsp3) is 0.750. The van der Waals surface area contributed by atoms with E-state index in [0.717, 1.165) is 24.9 Å². The first-order valence-corrected chi connectivity index (χ1v) is 6.07. The Morgan fingerprint density at radius 2 is 2.33 bits per heavy atom. The van der Waals surface area contributed by atoms with Crippen molar-refractivity contribution < 1.29 is 0 Å². The van der Waals surface area contributed by atoms with Crippen LogP contribution in [0.1, 0.15) is 38.3 Å². The molecule has 3 nitrogen and oxygen atoms in total. The summed E-state index contributed by atoms with van der Waals surface area (Å²) < 4.78 is 0. The summed E-state index contributed by atoms with van der Waals surface area (Å²) in [5.41, 5.74) is 1.23. The molecule has 1 aromatic rings. The number of hydrogen-bond donors (Lipinski definition) is 2. The summed E-state index contributed by atoms with van der Waals surface area (Å²) in [6.45, 7) is 3.43. The van der Waals surface area contributed by atoms with Crippen molar-refractivity contribution in [3.63, 3.8) is 0 Å². The molecule has 0 bridgehead atoms. The minimum absolute atomic E-state index is 0.738. The summed E-state index contributed by atoms with van der Waals surface area (Å²) in [6.07, 6.45) is 10.3. The lowest BCUT2D eigenvalue weighted by molar-refractivity contribution is 0.282. The topological polar surface area (TPSA) is 40.7 Å². The molecule has 0 aliphatic heterocycles. The first-order chi connectivity index (χ1) is 7.36. The van der Waals surface area contributed by atoms with E-state index in [0.29, 0.717) is 0 Å². The molecule has 1 fully saturated rings. The fourth-order valence-corrected chi connectivity index (χ4v) is 2.43. The quantitative estimate of drug-likeness (QED) is 0.794. The van der Waals surface area contributed by atoms with Gasteiger partial charge < -0.3 is 10.3 Å². The van der Waals surface area contributed by atoms with Crippen LogP contribution in [-0.4, -0.2) is 22.6 Å². The van der Waals surface area contributed by atoms with Gasteiger partial charge in [-0.2, -0.15) is 0 Å². The average Bonchev–Trinajstić information content (AvgIpc) is 2.74.